The highest BCUT2D eigenvalue weighted by Crippen LogP contribution is 2.34. The number of amides is 3. The molecule has 0 unspecified atom stereocenters. The van der Waals surface area contributed by atoms with Crippen molar-refractivity contribution in [1.82, 2.24) is 4.98 Å². The van der Waals surface area contributed by atoms with Gasteiger partial charge >= 0.3 is 0 Å². The maximum absolute atomic E-state index is 11.1. The molecule has 3 amide bonds. The summed E-state index contributed by atoms with van der Waals surface area (Å²) in [6.07, 6.45) is 0. The van der Waals surface area contributed by atoms with Gasteiger partial charge < -0.3 is 16.0 Å². The Morgan fingerprint density at radius 3 is 2.00 bits per heavy atom. The van der Waals surface area contributed by atoms with Gasteiger partial charge in [0.15, 0.2) is 11.5 Å². The van der Waals surface area contributed by atoms with Crippen LogP contribution in [0.1, 0.15) is 20.8 Å². The van der Waals surface area contributed by atoms with Crippen molar-refractivity contribution in [3.63, 3.8) is 0 Å². The predicted molar refractivity (Wildman–Crippen MR) is 72.6 cm³/mol. The summed E-state index contributed by atoms with van der Waals surface area (Å²) in [6, 6.07) is 1.27. The molecule has 1 heterocycles. The van der Waals surface area contributed by atoms with Gasteiger partial charge in [-0.05, 0) is 5.18 Å². The molecule has 0 aromatic carbocycles. The summed E-state index contributed by atoms with van der Waals surface area (Å²) in [4.78, 5) is 47.9. The van der Waals surface area contributed by atoms with Crippen LogP contribution in [0.25, 0.3) is 0 Å². The maximum Gasteiger partial charge on any atom is 0.222 e. The highest BCUT2D eigenvalue weighted by Gasteiger charge is 2.16. The lowest BCUT2D eigenvalue weighted by Crippen LogP contribution is -2.14. The molecule has 0 bridgehead atoms. The third-order valence-electron chi connectivity index (χ3n) is 1.99. The second-order valence-electron chi connectivity index (χ2n) is 3.89. The maximum atomic E-state index is 11.1. The first kappa shape index (κ1) is 15.2. The lowest BCUT2D eigenvalue weighted by atomic mass is 10.3. The molecule has 0 saturated carbocycles. The molecule has 1 aromatic rings. The fraction of sp³-hybridized carbons (Fsp3) is 0.273. The SMILES string of the molecule is CC(=O)Nc1cc(NC(C)=O)c(N=O)c(NC(C)=O)n1. The van der Waals surface area contributed by atoms with E-state index in [4.69, 9.17) is 0 Å². The van der Waals surface area contributed by atoms with Gasteiger partial charge in [-0.2, -0.15) is 0 Å². The highest BCUT2D eigenvalue weighted by molar-refractivity contribution is 5.99. The van der Waals surface area contributed by atoms with E-state index in [1.807, 2.05) is 0 Å². The Morgan fingerprint density at radius 2 is 1.55 bits per heavy atom. The van der Waals surface area contributed by atoms with Crippen LogP contribution in [0.4, 0.5) is 23.0 Å². The Morgan fingerprint density at radius 1 is 1.00 bits per heavy atom. The summed E-state index contributed by atoms with van der Waals surface area (Å²) in [5, 5.41) is 9.81. The molecule has 1 rings (SSSR count). The molecular formula is C11H13N5O4. The van der Waals surface area contributed by atoms with Gasteiger partial charge in [-0.1, -0.05) is 0 Å². The van der Waals surface area contributed by atoms with Crippen LogP contribution in [0.3, 0.4) is 0 Å². The number of nitrogens with one attached hydrogen (secondary N) is 3. The van der Waals surface area contributed by atoms with E-state index < -0.39 is 17.7 Å². The van der Waals surface area contributed by atoms with Crippen molar-refractivity contribution in [2.75, 3.05) is 16.0 Å². The number of aromatic nitrogens is 1. The van der Waals surface area contributed by atoms with Gasteiger partial charge in [0.1, 0.15) is 5.82 Å². The molecule has 0 saturated heterocycles. The number of pyridine rings is 1. The number of hydrogen-bond acceptors (Lipinski definition) is 6. The zero-order chi connectivity index (χ0) is 15.3. The minimum atomic E-state index is -0.476. The van der Waals surface area contributed by atoms with Gasteiger partial charge in [-0.25, -0.2) is 4.98 Å². The topological polar surface area (TPSA) is 130 Å². The van der Waals surface area contributed by atoms with Crippen LogP contribution in [-0.2, 0) is 14.4 Å². The second kappa shape index (κ2) is 6.36. The molecule has 0 spiro atoms. The van der Waals surface area contributed by atoms with Crippen molar-refractivity contribution >= 4 is 40.7 Å². The van der Waals surface area contributed by atoms with Crippen molar-refractivity contribution in [3.8, 4) is 0 Å². The average Bonchev–Trinajstić information content (AvgIpc) is 2.26. The summed E-state index contributed by atoms with van der Waals surface area (Å²) >= 11 is 0. The summed E-state index contributed by atoms with van der Waals surface area (Å²) in [6.45, 7) is 3.73. The molecule has 106 valence electrons. The van der Waals surface area contributed by atoms with Crippen LogP contribution in [0.5, 0.6) is 0 Å². The monoisotopic (exact) mass is 279 g/mol. The van der Waals surface area contributed by atoms with E-state index in [0.717, 1.165) is 0 Å². The molecule has 0 fully saturated rings. The smallest absolute Gasteiger partial charge is 0.222 e. The van der Waals surface area contributed by atoms with Crippen LogP contribution in [0.2, 0.25) is 0 Å². The van der Waals surface area contributed by atoms with Gasteiger partial charge in [-0.3, -0.25) is 14.4 Å². The summed E-state index contributed by atoms with van der Waals surface area (Å²) in [5.41, 5.74) is -0.195. The van der Waals surface area contributed by atoms with Crippen LogP contribution in [0, 0.1) is 4.91 Å². The van der Waals surface area contributed by atoms with Crippen LogP contribution >= 0.6 is 0 Å². The Hall–Kier alpha value is -2.84. The minimum Gasteiger partial charge on any atom is -0.324 e. The molecule has 0 aliphatic heterocycles. The molecule has 9 nitrogen and oxygen atoms in total. The van der Waals surface area contributed by atoms with Crippen molar-refractivity contribution < 1.29 is 14.4 Å². The third-order valence-corrected chi connectivity index (χ3v) is 1.99. The van der Waals surface area contributed by atoms with Crippen molar-refractivity contribution in [1.29, 1.82) is 0 Å². The fourth-order valence-electron chi connectivity index (χ4n) is 1.41. The van der Waals surface area contributed by atoms with E-state index in [2.05, 4.69) is 26.1 Å². The van der Waals surface area contributed by atoms with Gasteiger partial charge in [0.25, 0.3) is 0 Å². The lowest BCUT2D eigenvalue weighted by Gasteiger charge is -2.12. The van der Waals surface area contributed by atoms with Crippen molar-refractivity contribution in [3.05, 3.63) is 11.0 Å². The van der Waals surface area contributed by atoms with Gasteiger partial charge in [0.2, 0.25) is 17.7 Å². The Kier molecular flexibility index (Phi) is 4.84. The zero-order valence-electron chi connectivity index (χ0n) is 11.1. The number of carbonyl (C=O) groups is 3. The van der Waals surface area contributed by atoms with E-state index in [-0.39, 0.29) is 23.0 Å². The van der Waals surface area contributed by atoms with Crippen molar-refractivity contribution in [2.45, 2.75) is 20.8 Å². The number of rotatable bonds is 4. The van der Waals surface area contributed by atoms with E-state index in [0.29, 0.717) is 0 Å². The lowest BCUT2D eigenvalue weighted by molar-refractivity contribution is -0.115. The first-order valence-electron chi connectivity index (χ1n) is 5.54. The Balaban J connectivity index is 3.37. The summed E-state index contributed by atoms with van der Waals surface area (Å²) < 4.78 is 0. The average molecular weight is 279 g/mol. The first-order valence-corrected chi connectivity index (χ1v) is 5.54. The van der Waals surface area contributed by atoms with E-state index in [1.54, 1.807) is 0 Å². The van der Waals surface area contributed by atoms with Crippen molar-refractivity contribution in [2.24, 2.45) is 5.18 Å². The number of nitrogens with zero attached hydrogens (tertiary/aromatic N) is 2. The molecule has 0 aliphatic carbocycles. The summed E-state index contributed by atoms with van der Waals surface area (Å²) in [5.74, 6) is -1.40. The molecule has 0 aliphatic rings. The molecule has 20 heavy (non-hydrogen) atoms. The molecule has 3 N–H and O–H groups in total. The quantitative estimate of drug-likeness (QED) is 0.716. The van der Waals surface area contributed by atoms with E-state index in [9.17, 15) is 19.3 Å². The summed E-state index contributed by atoms with van der Waals surface area (Å²) in [7, 11) is 0. The predicted octanol–water partition coefficient (Wildman–Crippen LogP) is 1.35. The molecular weight excluding hydrogens is 266 g/mol. The fourth-order valence-corrected chi connectivity index (χ4v) is 1.41. The second-order valence-corrected chi connectivity index (χ2v) is 3.89. The van der Waals surface area contributed by atoms with Gasteiger partial charge in [0, 0.05) is 26.8 Å². The normalized spacial score (nSPS) is 9.55. The molecule has 0 radical (unpaired) electrons. The number of hydrogen-bond donors (Lipinski definition) is 3. The number of nitroso groups, excluding NO2 is 1. The molecule has 9 heteroatoms. The molecule has 0 atom stereocenters. The minimum absolute atomic E-state index is 0.0370. The first-order chi connectivity index (χ1) is 9.33. The highest BCUT2D eigenvalue weighted by atomic mass is 16.3. The van der Waals surface area contributed by atoms with Gasteiger partial charge in [-0.15, -0.1) is 4.91 Å². The Bertz CT molecular complexity index is 547. The van der Waals surface area contributed by atoms with Gasteiger partial charge in [0.05, 0.1) is 5.69 Å². The zero-order valence-corrected chi connectivity index (χ0v) is 11.1. The van der Waals surface area contributed by atoms with Crippen LogP contribution in [0.15, 0.2) is 11.2 Å². The third kappa shape index (κ3) is 4.12. The largest absolute Gasteiger partial charge is 0.324 e. The Labute approximate surface area is 114 Å². The number of anilines is 3. The van der Waals surface area contributed by atoms with Crippen LogP contribution in [-0.4, -0.2) is 22.7 Å². The van der Waals surface area contributed by atoms with E-state index >= 15 is 0 Å². The standard InChI is InChI=1S/C11H13N5O4/c1-5(17)12-8-4-9(13-6(2)18)15-11(10(8)16-20)14-7(3)19/h4H,1-3H3,(H3,12,13,14,15,17,18,19). The van der Waals surface area contributed by atoms with E-state index in [1.165, 1.54) is 26.8 Å². The number of carbonyl (C=O) groups excluding carboxylic acids is 3. The molecule has 1 aromatic heterocycles. The van der Waals surface area contributed by atoms with Crippen LogP contribution < -0.4 is 16.0 Å².